The Hall–Kier alpha value is -2.04. The average Bonchev–Trinajstić information content (AvgIpc) is 3.05. The molecule has 1 fully saturated rings. The third kappa shape index (κ3) is 3.71. The Labute approximate surface area is 161 Å². The van der Waals surface area contributed by atoms with Gasteiger partial charge in [-0.1, -0.05) is 42.5 Å². The van der Waals surface area contributed by atoms with Crippen LogP contribution in [0.2, 0.25) is 10.0 Å². The average molecular weight is 389 g/mol. The van der Waals surface area contributed by atoms with Crippen molar-refractivity contribution in [2.45, 2.75) is 38.1 Å². The van der Waals surface area contributed by atoms with E-state index in [9.17, 15) is 4.79 Å². The van der Waals surface area contributed by atoms with Gasteiger partial charge in [-0.2, -0.15) is 0 Å². The summed E-state index contributed by atoms with van der Waals surface area (Å²) < 4.78 is 5.84. The van der Waals surface area contributed by atoms with Gasteiger partial charge < -0.3 is 9.73 Å². The minimum Gasteiger partial charge on any atom is -0.436 e. The normalized spacial score (nSPS) is 15.3. The predicted molar refractivity (Wildman–Crippen MR) is 104 cm³/mol. The van der Waals surface area contributed by atoms with E-state index in [1.54, 1.807) is 36.4 Å². The number of oxazole rings is 1. The van der Waals surface area contributed by atoms with E-state index in [2.05, 4.69) is 10.3 Å². The quantitative estimate of drug-likeness (QED) is 0.610. The molecule has 0 saturated heterocycles. The molecule has 0 unspecified atom stereocenters. The van der Waals surface area contributed by atoms with E-state index in [4.69, 9.17) is 27.6 Å². The molecule has 0 spiro atoms. The highest BCUT2D eigenvalue weighted by Gasteiger charge is 2.18. The summed E-state index contributed by atoms with van der Waals surface area (Å²) in [6, 6.07) is 10.7. The summed E-state index contributed by atoms with van der Waals surface area (Å²) in [5.41, 5.74) is 2.53. The van der Waals surface area contributed by atoms with Gasteiger partial charge in [0.25, 0.3) is 5.91 Å². The van der Waals surface area contributed by atoms with Gasteiger partial charge in [0.1, 0.15) is 5.52 Å². The van der Waals surface area contributed by atoms with Crippen LogP contribution in [-0.2, 0) is 0 Å². The van der Waals surface area contributed by atoms with Crippen molar-refractivity contribution < 1.29 is 9.21 Å². The Bertz CT molecular complexity index is 941. The lowest BCUT2D eigenvalue weighted by Crippen LogP contribution is -2.36. The summed E-state index contributed by atoms with van der Waals surface area (Å²) in [6.07, 6.45) is 5.72. The van der Waals surface area contributed by atoms with Gasteiger partial charge in [0.2, 0.25) is 5.89 Å². The molecule has 0 bridgehead atoms. The second kappa shape index (κ2) is 7.29. The van der Waals surface area contributed by atoms with Gasteiger partial charge in [-0.15, -0.1) is 0 Å². The number of fused-ring (bicyclic) bond motifs is 1. The minimum absolute atomic E-state index is 0.0671. The zero-order chi connectivity index (χ0) is 18.1. The molecule has 1 aliphatic rings. The maximum absolute atomic E-state index is 12.5. The zero-order valence-corrected chi connectivity index (χ0v) is 15.6. The molecule has 1 amide bonds. The molecule has 0 aliphatic heterocycles. The van der Waals surface area contributed by atoms with E-state index >= 15 is 0 Å². The summed E-state index contributed by atoms with van der Waals surface area (Å²) in [6.45, 7) is 0. The first-order chi connectivity index (χ1) is 12.6. The first-order valence-electron chi connectivity index (χ1n) is 8.76. The molecular weight excluding hydrogens is 371 g/mol. The van der Waals surface area contributed by atoms with Gasteiger partial charge in [-0.25, -0.2) is 4.98 Å². The number of hydrogen-bond acceptors (Lipinski definition) is 3. The van der Waals surface area contributed by atoms with Crippen molar-refractivity contribution in [3.63, 3.8) is 0 Å². The first kappa shape index (κ1) is 17.4. The first-order valence-corrected chi connectivity index (χ1v) is 9.52. The number of amides is 1. The van der Waals surface area contributed by atoms with Crippen LogP contribution in [0, 0.1) is 0 Å². The molecule has 2 aromatic carbocycles. The highest BCUT2D eigenvalue weighted by atomic mass is 35.5. The van der Waals surface area contributed by atoms with Gasteiger partial charge in [0.05, 0.1) is 0 Å². The maximum atomic E-state index is 12.5. The number of nitrogens with one attached hydrogen (secondary N) is 1. The van der Waals surface area contributed by atoms with Gasteiger partial charge in [-0.05, 0) is 49.2 Å². The molecule has 1 heterocycles. The highest BCUT2D eigenvalue weighted by molar-refractivity contribution is 6.35. The molecule has 6 heteroatoms. The second-order valence-electron chi connectivity index (χ2n) is 6.67. The Morgan fingerprint density at radius 2 is 1.77 bits per heavy atom. The van der Waals surface area contributed by atoms with E-state index in [1.165, 1.54) is 19.3 Å². The van der Waals surface area contributed by atoms with Gasteiger partial charge in [0.15, 0.2) is 5.58 Å². The molecule has 134 valence electrons. The number of hydrogen-bond donors (Lipinski definition) is 1. The smallest absolute Gasteiger partial charge is 0.251 e. The second-order valence-corrected chi connectivity index (χ2v) is 7.54. The molecule has 0 atom stereocenters. The van der Waals surface area contributed by atoms with Crippen LogP contribution in [0.15, 0.2) is 40.8 Å². The summed E-state index contributed by atoms with van der Waals surface area (Å²) in [7, 11) is 0. The van der Waals surface area contributed by atoms with Gasteiger partial charge in [-0.3, -0.25) is 4.79 Å². The Balaban J connectivity index is 1.60. The van der Waals surface area contributed by atoms with Crippen molar-refractivity contribution in [1.82, 2.24) is 10.3 Å². The van der Waals surface area contributed by atoms with Crippen molar-refractivity contribution in [2.75, 3.05) is 0 Å². The van der Waals surface area contributed by atoms with E-state index in [0.29, 0.717) is 38.2 Å². The van der Waals surface area contributed by atoms with Crippen molar-refractivity contribution in [3.05, 3.63) is 52.0 Å². The predicted octanol–water partition coefficient (Wildman–Crippen LogP) is 5.86. The van der Waals surface area contributed by atoms with Crippen LogP contribution >= 0.6 is 23.2 Å². The van der Waals surface area contributed by atoms with Crippen molar-refractivity contribution in [1.29, 1.82) is 0 Å². The summed E-state index contributed by atoms with van der Waals surface area (Å²) in [5.74, 6) is 0.358. The van der Waals surface area contributed by atoms with E-state index < -0.39 is 0 Å². The molecule has 0 radical (unpaired) electrons. The van der Waals surface area contributed by atoms with Crippen molar-refractivity contribution in [2.24, 2.45) is 0 Å². The zero-order valence-electron chi connectivity index (χ0n) is 14.1. The number of nitrogens with zero attached hydrogens (tertiary/aromatic N) is 1. The fourth-order valence-corrected chi connectivity index (χ4v) is 3.91. The summed E-state index contributed by atoms with van der Waals surface area (Å²) in [5, 5.41) is 4.15. The standard InChI is InChI=1S/C20H18Cl2N2O2/c21-14-8-13(9-15(22)11-14)20-24-17-7-6-12(10-18(17)26-20)19(25)23-16-4-2-1-3-5-16/h6-11,16H,1-5H2,(H,23,25). The molecule has 1 saturated carbocycles. The topological polar surface area (TPSA) is 55.1 Å². The number of carbonyl (C=O) groups excluding carboxylic acids is 1. The van der Waals surface area contributed by atoms with Crippen LogP contribution in [-0.4, -0.2) is 16.9 Å². The van der Waals surface area contributed by atoms with Crippen LogP contribution in [0.1, 0.15) is 42.5 Å². The SMILES string of the molecule is O=C(NC1CCCCC1)c1ccc2nc(-c3cc(Cl)cc(Cl)c3)oc2c1. The number of halogens is 2. The van der Waals surface area contributed by atoms with E-state index in [0.717, 1.165) is 12.8 Å². The fraction of sp³-hybridized carbons (Fsp3) is 0.300. The number of benzene rings is 2. The monoisotopic (exact) mass is 388 g/mol. The third-order valence-corrected chi connectivity index (χ3v) is 5.14. The van der Waals surface area contributed by atoms with Crippen molar-refractivity contribution in [3.8, 4) is 11.5 Å². The summed E-state index contributed by atoms with van der Waals surface area (Å²) >= 11 is 12.1. The van der Waals surface area contributed by atoms with Crippen LogP contribution in [0.4, 0.5) is 0 Å². The van der Waals surface area contributed by atoms with Gasteiger partial charge >= 0.3 is 0 Å². The molecule has 26 heavy (non-hydrogen) atoms. The maximum Gasteiger partial charge on any atom is 0.251 e. The molecule has 4 rings (SSSR count). The molecular formula is C20H18Cl2N2O2. The molecule has 4 nitrogen and oxygen atoms in total. The van der Waals surface area contributed by atoms with Crippen LogP contribution in [0.3, 0.4) is 0 Å². The molecule has 3 aromatic rings. The minimum atomic E-state index is -0.0671. The van der Waals surface area contributed by atoms with E-state index in [1.807, 2.05) is 0 Å². The number of rotatable bonds is 3. The lowest BCUT2D eigenvalue weighted by atomic mass is 9.95. The fourth-order valence-electron chi connectivity index (χ4n) is 3.38. The lowest BCUT2D eigenvalue weighted by Gasteiger charge is -2.22. The molecule has 1 N–H and O–H groups in total. The summed E-state index contributed by atoms with van der Waals surface area (Å²) in [4.78, 5) is 17.0. The number of aromatic nitrogens is 1. The lowest BCUT2D eigenvalue weighted by molar-refractivity contribution is 0.0927. The van der Waals surface area contributed by atoms with Crippen LogP contribution < -0.4 is 5.32 Å². The van der Waals surface area contributed by atoms with Crippen LogP contribution in [0.25, 0.3) is 22.6 Å². The Morgan fingerprint density at radius 1 is 1.04 bits per heavy atom. The molecule has 1 aromatic heterocycles. The van der Waals surface area contributed by atoms with Crippen LogP contribution in [0.5, 0.6) is 0 Å². The largest absolute Gasteiger partial charge is 0.436 e. The van der Waals surface area contributed by atoms with E-state index in [-0.39, 0.29) is 11.9 Å². The number of carbonyl (C=O) groups is 1. The van der Waals surface area contributed by atoms with Gasteiger partial charge in [0, 0.05) is 27.2 Å². The Kier molecular flexibility index (Phi) is 4.88. The molecule has 1 aliphatic carbocycles. The highest BCUT2D eigenvalue weighted by Crippen LogP contribution is 2.29. The van der Waals surface area contributed by atoms with Crippen molar-refractivity contribution >= 4 is 40.2 Å². The Morgan fingerprint density at radius 3 is 2.50 bits per heavy atom. The third-order valence-electron chi connectivity index (χ3n) is 4.70.